The third kappa shape index (κ3) is 2.77. The van der Waals surface area contributed by atoms with Crippen molar-refractivity contribution in [3.8, 4) is 5.75 Å². The molecule has 0 spiro atoms. The molecule has 0 radical (unpaired) electrons. The Labute approximate surface area is 196 Å². The van der Waals surface area contributed by atoms with Crippen LogP contribution in [0.2, 0.25) is 0 Å². The minimum absolute atomic E-state index is 0.0832. The van der Waals surface area contributed by atoms with Crippen LogP contribution in [0.25, 0.3) is 0 Å². The Kier molecular flexibility index (Phi) is 4.93. The molecule has 34 heavy (non-hydrogen) atoms. The van der Waals surface area contributed by atoms with Crippen molar-refractivity contribution in [2.45, 2.75) is 44.2 Å². The molecule has 3 aliphatic carbocycles. The van der Waals surface area contributed by atoms with Gasteiger partial charge in [0.15, 0.2) is 17.2 Å². The molecule has 1 heterocycles. The van der Waals surface area contributed by atoms with Crippen LogP contribution in [-0.4, -0.2) is 75.0 Å². The number of anilines is 1. The molecule has 4 atom stereocenters. The van der Waals surface area contributed by atoms with E-state index in [1.54, 1.807) is 19.0 Å². The van der Waals surface area contributed by atoms with Crippen molar-refractivity contribution in [1.82, 2.24) is 4.90 Å². The number of phenols is 1. The highest BCUT2D eigenvalue weighted by molar-refractivity contribution is 6.25. The zero-order valence-electron chi connectivity index (χ0n) is 19.3. The topological polar surface area (TPSA) is 147 Å². The number of aromatic hydroxyl groups is 1. The van der Waals surface area contributed by atoms with Gasteiger partial charge in [-0.15, -0.1) is 0 Å². The molecule has 0 amide bonds. The highest BCUT2D eigenvalue weighted by Crippen LogP contribution is 2.53. The minimum atomic E-state index is -2.54. The number of aliphatic hydroxyl groups is 3. The monoisotopic (exact) mass is 468 g/mol. The van der Waals surface area contributed by atoms with Crippen LogP contribution in [0, 0.1) is 11.8 Å². The normalized spacial score (nSPS) is 30.4. The Morgan fingerprint density at radius 3 is 2.56 bits per heavy atom. The number of carbonyl (C=O) groups is 3. The number of carbonyl (C=O) groups excluding carboxylic acids is 3. The molecule has 1 aromatic carbocycles. The Hall–Kier alpha value is -3.17. The summed E-state index contributed by atoms with van der Waals surface area (Å²) in [7, 11) is 3.28. The largest absolute Gasteiger partial charge is 0.510 e. The number of benzene rings is 1. The Balaban J connectivity index is 1.71. The van der Waals surface area contributed by atoms with Gasteiger partial charge in [0.1, 0.15) is 22.8 Å². The molecule has 1 aliphatic heterocycles. The Morgan fingerprint density at radius 2 is 1.91 bits per heavy atom. The molecule has 5 N–H and O–H groups in total. The second-order valence-electron chi connectivity index (χ2n) is 9.97. The summed E-state index contributed by atoms with van der Waals surface area (Å²) in [6.45, 7) is 1.87. The number of ketones is 3. The first-order chi connectivity index (χ1) is 16.0. The maximum atomic E-state index is 13.6. The molecule has 0 saturated carbocycles. The van der Waals surface area contributed by atoms with E-state index in [0.717, 1.165) is 25.6 Å². The number of allylic oxidation sites excluding steroid dienone is 1. The van der Waals surface area contributed by atoms with Crippen LogP contribution in [-0.2, 0) is 22.4 Å². The number of likely N-dealkylation sites (N-methyl/N-ethyl adjacent to an activating group) is 1. The summed E-state index contributed by atoms with van der Waals surface area (Å²) >= 11 is 0. The maximum Gasteiger partial charge on any atom is 0.209 e. The average Bonchev–Trinajstić information content (AvgIpc) is 2.76. The van der Waals surface area contributed by atoms with Gasteiger partial charge in [-0.2, -0.15) is 0 Å². The molecule has 5 rings (SSSR count). The SMILES string of the molecule is CC(=O)C1=C(O)[C@@H](N(C)C)[C@@H]2C[C@@H]3Cc4cc5c(c(O)c4C(=O)C3=C(O)[C@]2(O)C1=O)CCCN5. The third-order valence-electron chi connectivity index (χ3n) is 7.84. The van der Waals surface area contributed by atoms with Crippen LogP contribution < -0.4 is 5.32 Å². The van der Waals surface area contributed by atoms with E-state index in [2.05, 4.69) is 5.32 Å². The number of nitrogens with one attached hydrogen (secondary N) is 1. The highest BCUT2D eigenvalue weighted by Gasteiger charge is 2.63. The van der Waals surface area contributed by atoms with E-state index in [1.807, 2.05) is 6.07 Å². The van der Waals surface area contributed by atoms with Crippen molar-refractivity contribution in [2.75, 3.05) is 26.0 Å². The van der Waals surface area contributed by atoms with Gasteiger partial charge in [-0.1, -0.05) is 0 Å². The predicted molar refractivity (Wildman–Crippen MR) is 122 cm³/mol. The molecule has 0 bridgehead atoms. The summed E-state index contributed by atoms with van der Waals surface area (Å²) in [4.78, 5) is 40.8. The highest BCUT2D eigenvalue weighted by atomic mass is 16.3. The van der Waals surface area contributed by atoms with Crippen LogP contribution in [0.15, 0.2) is 28.7 Å². The van der Waals surface area contributed by atoms with E-state index in [9.17, 15) is 34.8 Å². The number of fused-ring (bicyclic) bond motifs is 4. The predicted octanol–water partition coefficient (Wildman–Crippen LogP) is 1.58. The molecule has 0 saturated heterocycles. The molecule has 9 nitrogen and oxygen atoms in total. The van der Waals surface area contributed by atoms with Gasteiger partial charge >= 0.3 is 0 Å². The van der Waals surface area contributed by atoms with E-state index in [0.29, 0.717) is 24.0 Å². The van der Waals surface area contributed by atoms with Gasteiger partial charge < -0.3 is 25.7 Å². The molecular weight excluding hydrogens is 440 g/mol. The van der Waals surface area contributed by atoms with Crippen molar-refractivity contribution in [1.29, 1.82) is 0 Å². The minimum Gasteiger partial charge on any atom is -0.510 e. The number of nitrogens with zero attached hydrogens (tertiary/aromatic N) is 1. The summed E-state index contributed by atoms with van der Waals surface area (Å²) in [5.74, 6) is -5.35. The van der Waals surface area contributed by atoms with Crippen molar-refractivity contribution < 1.29 is 34.8 Å². The second kappa shape index (κ2) is 7.41. The summed E-state index contributed by atoms with van der Waals surface area (Å²) in [5.41, 5.74) is -1.08. The van der Waals surface area contributed by atoms with E-state index in [-0.39, 0.29) is 23.3 Å². The summed E-state index contributed by atoms with van der Waals surface area (Å²) in [6, 6.07) is 0.942. The van der Waals surface area contributed by atoms with Gasteiger partial charge in [0.2, 0.25) is 5.78 Å². The first-order valence-corrected chi connectivity index (χ1v) is 11.5. The summed E-state index contributed by atoms with van der Waals surface area (Å²) in [6.07, 6.45) is 1.84. The van der Waals surface area contributed by atoms with Crippen molar-refractivity contribution >= 4 is 23.0 Å². The quantitative estimate of drug-likeness (QED) is 0.408. The second-order valence-corrected chi connectivity index (χ2v) is 9.97. The van der Waals surface area contributed by atoms with E-state index >= 15 is 0 Å². The van der Waals surface area contributed by atoms with E-state index in [1.165, 1.54) is 0 Å². The molecule has 180 valence electrons. The Morgan fingerprint density at radius 1 is 1.21 bits per heavy atom. The molecular formula is C25H28N2O7. The van der Waals surface area contributed by atoms with Crippen molar-refractivity contribution in [2.24, 2.45) is 11.8 Å². The molecule has 0 unspecified atom stereocenters. The smallest absolute Gasteiger partial charge is 0.209 e. The number of Topliss-reactive ketones (excluding diaryl/α,β-unsaturated/α-hetero) is 3. The number of phenolic OH excluding ortho intramolecular Hbond substituents is 1. The average molecular weight is 469 g/mol. The lowest BCUT2D eigenvalue weighted by atomic mass is 9.58. The van der Waals surface area contributed by atoms with Crippen LogP contribution in [0.1, 0.15) is 41.3 Å². The lowest BCUT2D eigenvalue weighted by molar-refractivity contribution is -0.148. The number of hydrogen-bond donors (Lipinski definition) is 5. The lowest BCUT2D eigenvalue weighted by Crippen LogP contribution is -2.63. The molecule has 0 fully saturated rings. The third-order valence-corrected chi connectivity index (χ3v) is 7.84. The molecule has 0 aromatic heterocycles. The zero-order chi connectivity index (χ0) is 24.7. The van der Waals surface area contributed by atoms with Crippen LogP contribution >= 0.6 is 0 Å². The first-order valence-electron chi connectivity index (χ1n) is 11.5. The molecule has 4 aliphatic rings. The number of rotatable bonds is 2. The van der Waals surface area contributed by atoms with Gasteiger partial charge in [0, 0.05) is 29.3 Å². The van der Waals surface area contributed by atoms with Gasteiger partial charge in [-0.3, -0.25) is 19.3 Å². The lowest BCUT2D eigenvalue weighted by Gasteiger charge is -2.50. The fraction of sp³-hybridized carbons (Fsp3) is 0.480. The van der Waals surface area contributed by atoms with E-state index < -0.39 is 57.9 Å². The molecule has 9 heteroatoms. The van der Waals surface area contributed by atoms with Gasteiger partial charge in [0.25, 0.3) is 0 Å². The van der Waals surface area contributed by atoms with Gasteiger partial charge in [0.05, 0.1) is 11.6 Å². The summed E-state index contributed by atoms with van der Waals surface area (Å²) < 4.78 is 0. The van der Waals surface area contributed by atoms with Crippen LogP contribution in [0.4, 0.5) is 5.69 Å². The van der Waals surface area contributed by atoms with Gasteiger partial charge in [-0.05, 0) is 64.3 Å². The maximum absolute atomic E-state index is 13.6. The van der Waals surface area contributed by atoms with Crippen molar-refractivity contribution in [3.05, 3.63) is 45.4 Å². The van der Waals surface area contributed by atoms with Crippen LogP contribution in [0.5, 0.6) is 5.75 Å². The fourth-order valence-corrected chi connectivity index (χ4v) is 6.35. The standard InChI is InChI=1S/C25H28N2O7/c1-10(28)16-22(31)19(27(2)3)14-8-11-7-12-9-15-13(5-4-6-26-15)20(29)17(12)21(30)18(11)24(33)25(14,34)23(16)32/h9,11,14,19,26,29,31,33-34H,4-8H2,1-3H3/t11-,14-,19-,25+/m0/s1. The number of hydrogen-bond acceptors (Lipinski definition) is 9. The van der Waals surface area contributed by atoms with E-state index in [4.69, 9.17) is 0 Å². The van der Waals surface area contributed by atoms with Gasteiger partial charge in [-0.25, -0.2) is 0 Å². The Bertz CT molecular complexity index is 1230. The summed E-state index contributed by atoms with van der Waals surface area (Å²) in [5, 5.41) is 48.0. The van der Waals surface area contributed by atoms with Crippen LogP contribution in [0.3, 0.4) is 0 Å². The zero-order valence-corrected chi connectivity index (χ0v) is 19.3. The first kappa shape index (κ1) is 22.6. The number of aliphatic hydroxyl groups excluding tert-OH is 2. The fourth-order valence-electron chi connectivity index (χ4n) is 6.35. The van der Waals surface area contributed by atoms with Crippen molar-refractivity contribution in [3.63, 3.8) is 0 Å². The molecule has 1 aromatic rings.